The molecule has 7 heteroatoms. The largest absolute Gasteiger partial charge is 0.486 e. The first-order chi connectivity index (χ1) is 15.8. The van der Waals surface area contributed by atoms with E-state index in [-0.39, 0.29) is 24.0 Å². The quantitative estimate of drug-likeness (QED) is 0.228. The number of carbonyl (C=O) groups excluding carboxylic acids is 1. The van der Waals surface area contributed by atoms with Gasteiger partial charge in [-0.2, -0.15) is 0 Å². The molecule has 0 aromatic heterocycles. The third-order valence-corrected chi connectivity index (χ3v) is 6.28. The standard InChI is InChI=1S/C26H20Br2FNO3/c1-15(2)17-7-9-18(10-8-17)25-30-23(26(31)33-25)13-16-11-20(27)24(21(28)12-16)32-14-19-5-3-4-6-22(19)29/h3-13,15H,14H2,1-2H3. The number of cyclic esters (lactones) is 1. The topological polar surface area (TPSA) is 47.9 Å². The van der Waals surface area contributed by atoms with Gasteiger partial charge in [-0.25, -0.2) is 14.2 Å². The van der Waals surface area contributed by atoms with Gasteiger partial charge in [-0.1, -0.05) is 44.2 Å². The maximum absolute atomic E-state index is 13.9. The summed E-state index contributed by atoms with van der Waals surface area (Å²) in [5.74, 6) is 0.398. The van der Waals surface area contributed by atoms with Crippen LogP contribution in [0.25, 0.3) is 6.08 Å². The molecule has 4 nitrogen and oxygen atoms in total. The van der Waals surface area contributed by atoms with Gasteiger partial charge in [-0.15, -0.1) is 0 Å². The van der Waals surface area contributed by atoms with Crippen molar-refractivity contribution in [3.05, 3.63) is 103 Å². The van der Waals surface area contributed by atoms with Crippen LogP contribution in [0.1, 0.15) is 42.0 Å². The van der Waals surface area contributed by atoms with Crippen molar-refractivity contribution in [3.8, 4) is 5.75 Å². The Kier molecular flexibility index (Phi) is 7.10. The molecule has 0 spiro atoms. The zero-order valence-electron chi connectivity index (χ0n) is 17.9. The van der Waals surface area contributed by atoms with E-state index < -0.39 is 5.97 Å². The summed E-state index contributed by atoms with van der Waals surface area (Å²) in [5.41, 5.74) is 3.33. The molecule has 3 aromatic carbocycles. The summed E-state index contributed by atoms with van der Waals surface area (Å²) >= 11 is 6.98. The molecule has 33 heavy (non-hydrogen) atoms. The molecule has 0 bridgehead atoms. The third kappa shape index (κ3) is 5.42. The lowest BCUT2D eigenvalue weighted by molar-refractivity contribution is -0.129. The molecule has 0 radical (unpaired) electrons. The summed E-state index contributed by atoms with van der Waals surface area (Å²) in [7, 11) is 0. The molecule has 0 unspecified atom stereocenters. The molecule has 4 rings (SSSR count). The normalized spacial score (nSPS) is 14.5. The van der Waals surface area contributed by atoms with Crippen LogP contribution in [0.2, 0.25) is 0 Å². The van der Waals surface area contributed by atoms with Crippen molar-refractivity contribution >= 4 is 49.8 Å². The van der Waals surface area contributed by atoms with Crippen molar-refractivity contribution in [3.63, 3.8) is 0 Å². The van der Waals surface area contributed by atoms with Gasteiger partial charge in [-0.05, 0) is 85.3 Å². The molecule has 0 amide bonds. The summed E-state index contributed by atoms with van der Waals surface area (Å²) in [6.07, 6.45) is 1.65. The second-order valence-corrected chi connectivity index (χ2v) is 9.52. The fourth-order valence-electron chi connectivity index (χ4n) is 3.27. The van der Waals surface area contributed by atoms with Crippen LogP contribution in [0.4, 0.5) is 4.39 Å². The SMILES string of the molecule is CC(C)c1ccc(C2=NC(=Cc3cc(Br)c(OCc4ccccc4F)c(Br)c3)C(=O)O2)cc1. The van der Waals surface area contributed by atoms with Gasteiger partial charge in [-0.3, -0.25) is 0 Å². The van der Waals surface area contributed by atoms with E-state index in [0.29, 0.717) is 26.2 Å². The van der Waals surface area contributed by atoms with Crippen LogP contribution >= 0.6 is 31.9 Å². The first-order valence-corrected chi connectivity index (χ1v) is 11.9. The monoisotopic (exact) mass is 571 g/mol. The van der Waals surface area contributed by atoms with Gasteiger partial charge in [0.15, 0.2) is 5.70 Å². The number of ether oxygens (including phenoxy) is 2. The van der Waals surface area contributed by atoms with Gasteiger partial charge >= 0.3 is 5.97 Å². The molecule has 3 aromatic rings. The molecule has 1 aliphatic rings. The maximum atomic E-state index is 13.9. The van der Waals surface area contributed by atoms with E-state index in [4.69, 9.17) is 9.47 Å². The van der Waals surface area contributed by atoms with Crippen molar-refractivity contribution in [1.29, 1.82) is 0 Å². The highest BCUT2D eigenvalue weighted by molar-refractivity contribution is 9.11. The number of hydrogen-bond donors (Lipinski definition) is 0. The van der Waals surface area contributed by atoms with Crippen LogP contribution < -0.4 is 4.74 Å². The van der Waals surface area contributed by atoms with E-state index >= 15 is 0 Å². The molecule has 0 fully saturated rings. The van der Waals surface area contributed by atoms with Gasteiger partial charge in [0.2, 0.25) is 5.90 Å². The molecular weight excluding hydrogens is 553 g/mol. The minimum atomic E-state index is -0.509. The smallest absolute Gasteiger partial charge is 0.363 e. The first-order valence-electron chi connectivity index (χ1n) is 10.3. The highest BCUT2D eigenvalue weighted by Crippen LogP contribution is 2.36. The van der Waals surface area contributed by atoms with Gasteiger partial charge in [0, 0.05) is 11.1 Å². The van der Waals surface area contributed by atoms with E-state index in [1.807, 2.05) is 24.3 Å². The Morgan fingerprint density at radius 3 is 2.36 bits per heavy atom. The molecule has 0 aliphatic carbocycles. The lowest BCUT2D eigenvalue weighted by Gasteiger charge is -2.12. The summed E-state index contributed by atoms with van der Waals surface area (Å²) < 4.78 is 26.4. The van der Waals surface area contributed by atoms with E-state index in [1.165, 1.54) is 11.6 Å². The zero-order chi connectivity index (χ0) is 23.5. The van der Waals surface area contributed by atoms with Crippen LogP contribution in [0.5, 0.6) is 5.75 Å². The lowest BCUT2D eigenvalue weighted by atomic mass is 10.0. The van der Waals surface area contributed by atoms with Crippen molar-refractivity contribution < 1.29 is 18.7 Å². The average molecular weight is 573 g/mol. The second kappa shape index (κ2) is 10.0. The van der Waals surface area contributed by atoms with Crippen molar-refractivity contribution in [2.75, 3.05) is 0 Å². The Bertz CT molecular complexity index is 1240. The summed E-state index contributed by atoms with van der Waals surface area (Å²) in [4.78, 5) is 16.8. The number of carbonyl (C=O) groups is 1. The van der Waals surface area contributed by atoms with Crippen molar-refractivity contribution in [1.82, 2.24) is 0 Å². The molecule has 0 N–H and O–H groups in total. The molecule has 0 saturated carbocycles. The highest BCUT2D eigenvalue weighted by Gasteiger charge is 2.24. The first kappa shape index (κ1) is 23.4. The van der Waals surface area contributed by atoms with Gasteiger partial charge in [0.05, 0.1) is 8.95 Å². The number of hydrogen-bond acceptors (Lipinski definition) is 4. The second-order valence-electron chi connectivity index (χ2n) is 7.81. The van der Waals surface area contributed by atoms with E-state index in [1.54, 1.807) is 36.4 Å². The van der Waals surface area contributed by atoms with Crippen LogP contribution in [0, 0.1) is 5.82 Å². The zero-order valence-corrected chi connectivity index (χ0v) is 21.1. The number of rotatable bonds is 6. The van der Waals surface area contributed by atoms with Gasteiger partial charge in [0.25, 0.3) is 0 Å². The molecule has 1 heterocycles. The van der Waals surface area contributed by atoms with Gasteiger partial charge in [0.1, 0.15) is 18.2 Å². The molecule has 168 valence electrons. The summed E-state index contributed by atoms with van der Waals surface area (Å²) in [6.45, 7) is 4.32. The predicted molar refractivity (Wildman–Crippen MR) is 134 cm³/mol. The average Bonchev–Trinajstić information content (AvgIpc) is 3.14. The molecular formula is C26H20Br2FNO3. The number of esters is 1. The number of aliphatic imine (C=N–C) groups is 1. The Hall–Kier alpha value is -2.77. The van der Waals surface area contributed by atoms with E-state index in [2.05, 4.69) is 50.7 Å². The van der Waals surface area contributed by atoms with Gasteiger partial charge < -0.3 is 9.47 Å². The Morgan fingerprint density at radius 1 is 1.06 bits per heavy atom. The Balaban J connectivity index is 1.54. The summed E-state index contributed by atoms with van der Waals surface area (Å²) in [5, 5.41) is 0. The Morgan fingerprint density at radius 2 is 1.73 bits per heavy atom. The Labute approximate surface area is 208 Å². The lowest BCUT2D eigenvalue weighted by Crippen LogP contribution is -2.05. The van der Waals surface area contributed by atoms with Crippen molar-refractivity contribution in [2.24, 2.45) is 4.99 Å². The fraction of sp³-hybridized carbons (Fsp3) is 0.154. The minimum Gasteiger partial charge on any atom is -0.486 e. The number of benzene rings is 3. The highest BCUT2D eigenvalue weighted by atomic mass is 79.9. The van der Waals surface area contributed by atoms with Crippen LogP contribution in [-0.2, 0) is 16.1 Å². The molecule has 0 saturated heterocycles. The van der Waals surface area contributed by atoms with E-state index in [9.17, 15) is 9.18 Å². The number of nitrogens with zero attached hydrogens (tertiary/aromatic N) is 1. The molecule has 1 aliphatic heterocycles. The number of halogens is 3. The maximum Gasteiger partial charge on any atom is 0.363 e. The van der Waals surface area contributed by atoms with E-state index in [0.717, 1.165) is 11.1 Å². The predicted octanol–water partition coefficient (Wildman–Crippen LogP) is 7.40. The third-order valence-electron chi connectivity index (χ3n) is 5.10. The van der Waals surface area contributed by atoms with Crippen LogP contribution in [0.3, 0.4) is 0 Å². The summed E-state index contributed by atoms with van der Waals surface area (Å²) in [6, 6.07) is 17.9. The van der Waals surface area contributed by atoms with Crippen LogP contribution in [-0.4, -0.2) is 11.9 Å². The van der Waals surface area contributed by atoms with Crippen LogP contribution in [0.15, 0.2) is 80.3 Å². The fourth-order valence-corrected chi connectivity index (χ4v) is 4.72. The molecule has 0 atom stereocenters. The minimum absolute atomic E-state index is 0.0832. The van der Waals surface area contributed by atoms with Crippen molar-refractivity contribution in [2.45, 2.75) is 26.4 Å².